The number of methoxy groups -OCH3 is 3. The molecule has 23 nitrogen and oxygen atoms in total. The third kappa shape index (κ3) is 26.7. The summed E-state index contributed by atoms with van der Waals surface area (Å²) < 4.78 is 427. The number of hydrogen-bond acceptors (Lipinski definition) is 20. The number of carbonyl (C=O) groups excluding carboxylic acids is 6. The third-order valence-electron chi connectivity index (χ3n) is 25.4. The van der Waals surface area contributed by atoms with Gasteiger partial charge in [0.25, 0.3) is 0 Å². The van der Waals surface area contributed by atoms with Crippen LogP contribution in [0.1, 0.15) is 71.4 Å². The van der Waals surface area contributed by atoms with Crippen LogP contribution >= 0.6 is 0 Å². The summed E-state index contributed by atoms with van der Waals surface area (Å²) in [5.74, 6) is -90.9. The fraction of sp³-hybridized carbons (Fsp3) is 0.663. The largest absolute Gasteiger partial charge is 0.502 e. The van der Waals surface area contributed by atoms with Gasteiger partial charge in [-0.3, -0.25) is 43.5 Å². The van der Waals surface area contributed by atoms with E-state index in [0.29, 0.717) is 84.8 Å². The molecule has 0 N–H and O–H groups in total. The molecule has 0 aromatic heterocycles. The molecular formula is C95H117F26N3O20. The highest BCUT2D eigenvalue weighted by molar-refractivity contribution is 6.08. The minimum Gasteiger partial charge on any atom is -0.502 e. The molecule has 0 spiro atoms. The number of imide groups is 3. The van der Waals surface area contributed by atoms with Crippen LogP contribution < -0.4 is 0 Å². The van der Waals surface area contributed by atoms with Crippen LogP contribution in [-0.2, 0) is 95.1 Å². The van der Waals surface area contributed by atoms with E-state index < -0.39 is 186 Å². The molecule has 814 valence electrons. The lowest BCUT2D eigenvalue weighted by Gasteiger charge is -2.42. The fourth-order valence-electron chi connectivity index (χ4n) is 17.9. The molecule has 4 bridgehead atoms. The summed E-state index contributed by atoms with van der Waals surface area (Å²) in [5.41, 5.74) is 1.70. The second kappa shape index (κ2) is 52.1. The number of nitrogens with zero attached hydrogens (tertiary/aromatic N) is 3. The summed E-state index contributed by atoms with van der Waals surface area (Å²) in [6.45, 7) is 12.8. The predicted molar refractivity (Wildman–Crippen MR) is 461 cm³/mol. The van der Waals surface area contributed by atoms with Gasteiger partial charge in [-0.2, -0.15) is 114 Å². The van der Waals surface area contributed by atoms with Gasteiger partial charge in [-0.15, -0.1) is 6.58 Å². The average molecular weight is 2110 g/mol. The Labute approximate surface area is 813 Å². The van der Waals surface area contributed by atoms with Crippen molar-refractivity contribution in [2.75, 3.05) is 160 Å². The molecule has 8 heterocycles. The van der Waals surface area contributed by atoms with Crippen LogP contribution in [0.2, 0.25) is 0 Å². The first-order chi connectivity index (χ1) is 66.7. The van der Waals surface area contributed by atoms with Crippen LogP contribution in [0.5, 0.6) is 0 Å². The molecule has 11 aliphatic rings. The summed E-state index contributed by atoms with van der Waals surface area (Å²) in [6.07, 6.45) is -0.532. The van der Waals surface area contributed by atoms with Gasteiger partial charge in [-0.05, 0) is 86.3 Å². The van der Waals surface area contributed by atoms with Gasteiger partial charge in [0.1, 0.15) is 0 Å². The number of halogens is 26. The zero-order valence-electron chi connectivity index (χ0n) is 76.8. The molecule has 6 amide bonds. The lowest BCUT2D eigenvalue weighted by atomic mass is 9.81. The van der Waals surface area contributed by atoms with Gasteiger partial charge in [0.2, 0.25) is 35.4 Å². The van der Waals surface area contributed by atoms with Gasteiger partial charge in [0.15, 0.2) is 0 Å². The number of benzene rings is 2. The van der Waals surface area contributed by atoms with E-state index in [-0.39, 0.29) is 115 Å². The number of amides is 6. The van der Waals surface area contributed by atoms with Crippen molar-refractivity contribution in [3.05, 3.63) is 145 Å². The summed E-state index contributed by atoms with van der Waals surface area (Å²) in [7, 11) is 4.72. The van der Waals surface area contributed by atoms with E-state index in [0.717, 1.165) is 48.2 Å². The van der Waals surface area contributed by atoms with Crippen molar-refractivity contribution < 1.29 is 209 Å². The highest BCUT2D eigenvalue weighted by Crippen LogP contribution is 2.67. The first-order valence-electron chi connectivity index (χ1n) is 45.1. The van der Waals surface area contributed by atoms with E-state index >= 15 is 8.78 Å². The minimum absolute atomic E-state index is 0. The number of likely N-dealkylation sites (tertiary alicyclic amines) is 3. The molecule has 8 aliphatic heterocycles. The quantitative estimate of drug-likeness (QED) is 0.0197. The first-order valence-corrected chi connectivity index (χ1v) is 45.1. The topological polar surface area (TPSA) is 241 Å². The Balaban J connectivity index is 0.000000276. The number of ether oxygens (including phenoxy) is 14. The number of allylic oxidation sites excluding steroid dienone is 4. The van der Waals surface area contributed by atoms with Gasteiger partial charge in [-0.25, -0.2) is 0 Å². The number of hydrogen-bond donors (Lipinski definition) is 0. The van der Waals surface area contributed by atoms with Crippen molar-refractivity contribution in [1.29, 1.82) is 0 Å². The molecule has 18 atom stereocenters. The predicted octanol–water partition coefficient (Wildman–Crippen LogP) is 17.8. The van der Waals surface area contributed by atoms with Crippen LogP contribution in [0.3, 0.4) is 0 Å². The van der Waals surface area contributed by atoms with Crippen molar-refractivity contribution in [2.45, 2.75) is 169 Å². The van der Waals surface area contributed by atoms with Crippen molar-refractivity contribution in [3.8, 4) is 0 Å². The van der Waals surface area contributed by atoms with Crippen molar-refractivity contribution in [2.24, 2.45) is 71.0 Å². The smallest absolute Gasteiger partial charge is 0.460 e. The van der Waals surface area contributed by atoms with Crippen molar-refractivity contribution >= 4 is 47.6 Å². The molecule has 7 saturated heterocycles. The zero-order chi connectivity index (χ0) is 105. The van der Waals surface area contributed by atoms with E-state index in [4.69, 9.17) is 66.3 Å². The van der Waals surface area contributed by atoms with Gasteiger partial charge in [-0.1, -0.05) is 142 Å². The van der Waals surface area contributed by atoms with Gasteiger partial charge >= 0.3 is 71.6 Å². The van der Waals surface area contributed by atoms with Crippen LogP contribution in [0.25, 0.3) is 12.2 Å². The Bertz CT molecular complexity index is 4590. The minimum atomic E-state index is -8.02. The molecular weight excluding hydrogens is 2000 g/mol. The Morgan fingerprint density at radius 2 is 0.701 bits per heavy atom. The van der Waals surface area contributed by atoms with Gasteiger partial charge < -0.3 is 66.3 Å². The number of rotatable bonds is 47. The Kier molecular flexibility index (Phi) is 44.3. The van der Waals surface area contributed by atoms with E-state index in [1.54, 1.807) is 56.7 Å². The molecule has 3 aliphatic carbocycles. The highest BCUT2D eigenvalue weighted by atomic mass is 19.4. The van der Waals surface area contributed by atoms with Gasteiger partial charge in [0, 0.05) is 46.4 Å². The number of fused-ring (bicyclic) bond motifs is 9. The van der Waals surface area contributed by atoms with Crippen LogP contribution in [0.4, 0.5) is 114 Å². The average Bonchev–Trinajstić information content (AvgIpc) is 0.933. The molecule has 2 saturated carbocycles. The SMILES string of the molecule is C.C.C1CCOC1.C=CC1OC(/C=C\c2ccccc2)[C@@H]2C(=O)N(CCOCCOCCOC)C(=O)[C@H]12.CCO/C=C\C1CC(/C=C/C2OC(/C=C\c3ccccc3)[C@@H]3C(=O)N(CCOCCOCCOC)C(=O)[C@H]23)CC1C(F)(F)C(F)(F)C(F)(F)C(F)(F)C(F)(F)C(F)(F)F.COCCOCCOCCN1C(=O)C2C3C=CC(O3)C2C1=O.FC(F)(F)C(F)(F)C(F)(F)C(F)(F)C(F)(F)C(F)(F)C1CC2C=CC1C2. The van der Waals surface area contributed by atoms with E-state index in [1.807, 2.05) is 54.6 Å². The highest BCUT2D eigenvalue weighted by Gasteiger charge is 2.93. The standard InChI is InChI=1S/C38H42F13NO7.C23H29NO6.C15H21NO6.C13H9F13.C4H8O.2CH4/c1-3-56-15-13-25-21-24(22-26(25)33(39,40)34(41,42)35(43,44)36(45,46)37(47,48)38(49,50)51)10-12-28-30-29(27(59-28)11-9-23-7-5-4-6-8-23)31(53)52(32(30)54)14-16-57-19-20-58-18-17-55-2;1-3-18-20-21(19(30-18)10-9-17-7-5-4-6-8-17)23(26)24(22(20)25)11-12-28-15-16-29-14-13-27-2;1-19-6-7-21-9-8-20-5-4-16-14(17)12-10-2-3-11(22-10)13(12)15(16)18;14-8(15,7-4-5-1-2-6(7)3-5)9(16,17)10(18,19)11(20,21)12(22,23)13(24,25)26;1-2-4-5-3-1;;/h4-13,15,24-30H,3,14,16-22H2,1-2H3;3-10,18-21H,1,11-16H2,2H3;2-3,10-13H,4-9H2,1H3;1-2,5-7H,3-4H2;1-4H2;2*1H4/b11-9-,12-10+,15-13-;10-9-;;;;;/t24?,25?,26?,27?,28?,29-,30+;18?,19?,20-,21+;;;;;/m01...../s1. The summed E-state index contributed by atoms with van der Waals surface area (Å²) >= 11 is 0. The second-order valence-corrected chi connectivity index (χ2v) is 34.4. The van der Waals surface area contributed by atoms with Crippen LogP contribution in [0.15, 0.2) is 134 Å². The third-order valence-corrected chi connectivity index (χ3v) is 25.4. The van der Waals surface area contributed by atoms with E-state index in [2.05, 4.69) is 6.58 Å². The maximum atomic E-state index is 15.6. The van der Waals surface area contributed by atoms with Crippen LogP contribution in [-0.4, -0.2) is 318 Å². The summed E-state index contributed by atoms with van der Waals surface area (Å²) in [5, 5.41) is 0. The lowest BCUT2D eigenvalue weighted by molar-refractivity contribution is -0.443. The Morgan fingerprint density at radius 3 is 1.03 bits per heavy atom. The molecule has 13 rings (SSSR count). The van der Waals surface area contributed by atoms with Gasteiger partial charge in [0.05, 0.1) is 204 Å². The van der Waals surface area contributed by atoms with E-state index in [9.17, 15) is 134 Å². The molecule has 49 heteroatoms. The van der Waals surface area contributed by atoms with Crippen LogP contribution in [0, 0.1) is 71.0 Å². The van der Waals surface area contributed by atoms with Crippen molar-refractivity contribution in [1.82, 2.24) is 14.7 Å². The fourth-order valence-corrected chi connectivity index (χ4v) is 17.9. The first kappa shape index (κ1) is 122. The molecule has 0 radical (unpaired) electrons. The number of carbonyl (C=O) groups is 6. The monoisotopic (exact) mass is 2110 g/mol. The van der Waals surface area contributed by atoms with E-state index in [1.165, 1.54) is 54.9 Å². The maximum Gasteiger partial charge on any atom is 0.460 e. The Morgan fingerprint density at radius 1 is 0.361 bits per heavy atom. The molecule has 2 aromatic rings. The van der Waals surface area contributed by atoms with Crippen molar-refractivity contribution in [3.63, 3.8) is 0 Å². The molecule has 2 aromatic carbocycles. The Hall–Kier alpha value is -8.50. The maximum absolute atomic E-state index is 15.6. The number of alkyl halides is 26. The molecule has 144 heavy (non-hydrogen) atoms. The molecule has 9 fully saturated rings. The zero-order valence-corrected chi connectivity index (χ0v) is 76.8. The molecule has 14 unspecified atom stereocenters. The summed E-state index contributed by atoms with van der Waals surface area (Å²) in [6, 6.07) is 18.4. The lowest BCUT2D eigenvalue weighted by Crippen LogP contribution is -2.71. The summed E-state index contributed by atoms with van der Waals surface area (Å²) in [4.78, 5) is 81.4. The second-order valence-electron chi connectivity index (χ2n) is 34.4. The normalized spacial score (nSPS) is 27.1.